The molecule has 2 atom stereocenters. The van der Waals surface area contributed by atoms with E-state index < -0.39 is 5.54 Å². The molecule has 0 aromatic carbocycles. The van der Waals surface area contributed by atoms with Crippen molar-refractivity contribution in [2.45, 2.75) is 59.0 Å². The van der Waals surface area contributed by atoms with Crippen molar-refractivity contribution < 1.29 is 14.3 Å². The Hall–Kier alpha value is -1.10. The fourth-order valence-corrected chi connectivity index (χ4v) is 2.50. The zero-order valence-corrected chi connectivity index (χ0v) is 13.4. The van der Waals surface area contributed by atoms with Crippen LogP contribution in [0.4, 0.5) is 0 Å². The Morgan fingerprint density at radius 1 is 1.30 bits per heavy atom. The van der Waals surface area contributed by atoms with Crippen LogP contribution in [0.1, 0.15) is 47.5 Å². The van der Waals surface area contributed by atoms with Gasteiger partial charge in [0, 0.05) is 13.2 Å². The number of hydrogen-bond donors (Lipinski definition) is 1. The number of carbonyl (C=O) groups excluding carboxylic acids is 2. The van der Waals surface area contributed by atoms with Crippen LogP contribution >= 0.6 is 0 Å². The molecule has 1 fully saturated rings. The maximum Gasteiger partial charge on any atom is 0.248 e. The highest BCUT2D eigenvalue weighted by Gasteiger charge is 2.46. The zero-order chi connectivity index (χ0) is 15.3. The lowest BCUT2D eigenvalue weighted by Crippen LogP contribution is -2.69. The molecule has 5 heteroatoms. The zero-order valence-electron chi connectivity index (χ0n) is 13.4. The summed E-state index contributed by atoms with van der Waals surface area (Å²) in [4.78, 5) is 26.5. The maximum absolute atomic E-state index is 12.5. The van der Waals surface area contributed by atoms with Crippen LogP contribution in [0.2, 0.25) is 0 Å². The summed E-state index contributed by atoms with van der Waals surface area (Å²) in [5, 5.41) is 2.83. The highest BCUT2D eigenvalue weighted by Crippen LogP contribution is 2.24. The summed E-state index contributed by atoms with van der Waals surface area (Å²) < 4.78 is 5.47. The molecular formula is C15H28N2O3. The average molecular weight is 284 g/mol. The Kier molecular flexibility index (Phi) is 5.99. The van der Waals surface area contributed by atoms with E-state index in [0.29, 0.717) is 19.8 Å². The van der Waals surface area contributed by atoms with Crippen LogP contribution < -0.4 is 5.32 Å². The van der Waals surface area contributed by atoms with E-state index >= 15 is 0 Å². The number of amides is 2. The molecule has 1 N–H and O–H groups in total. The minimum absolute atomic E-state index is 0.0255. The van der Waals surface area contributed by atoms with Gasteiger partial charge >= 0.3 is 0 Å². The van der Waals surface area contributed by atoms with E-state index in [1.54, 1.807) is 18.7 Å². The normalized spacial score (nSPS) is 23.6. The number of ether oxygens (including phenoxy) is 1. The number of nitrogens with one attached hydrogen (secondary N) is 1. The Morgan fingerprint density at radius 2 is 1.95 bits per heavy atom. The second kappa shape index (κ2) is 7.07. The number of carbonyl (C=O) groups is 2. The summed E-state index contributed by atoms with van der Waals surface area (Å²) in [6.07, 6.45) is 1.81. The standard InChI is InChI=1S/C15H28N2O3/c1-6-9-20-10-8-17-12(11(3)7-2)13(18)16-15(4,5)14(17)19/h11-12H,6-10H2,1-5H3,(H,16,18). The van der Waals surface area contributed by atoms with Crippen molar-refractivity contribution in [2.75, 3.05) is 19.8 Å². The number of hydrogen-bond acceptors (Lipinski definition) is 3. The van der Waals surface area contributed by atoms with E-state index in [0.717, 1.165) is 12.8 Å². The van der Waals surface area contributed by atoms with Crippen molar-refractivity contribution in [1.82, 2.24) is 10.2 Å². The van der Waals surface area contributed by atoms with E-state index in [4.69, 9.17) is 4.74 Å². The van der Waals surface area contributed by atoms with E-state index in [1.165, 1.54) is 0 Å². The smallest absolute Gasteiger partial charge is 0.248 e. The van der Waals surface area contributed by atoms with Gasteiger partial charge in [-0.1, -0.05) is 27.2 Å². The lowest BCUT2D eigenvalue weighted by Gasteiger charge is -2.44. The first-order valence-corrected chi connectivity index (χ1v) is 7.56. The van der Waals surface area contributed by atoms with Gasteiger partial charge in [0.15, 0.2) is 0 Å². The summed E-state index contributed by atoms with van der Waals surface area (Å²) in [6.45, 7) is 11.2. The van der Waals surface area contributed by atoms with Crippen molar-refractivity contribution in [3.05, 3.63) is 0 Å². The van der Waals surface area contributed by atoms with Gasteiger partial charge < -0.3 is 15.0 Å². The third-order valence-electron chi connectivity index (χ3n) is 3.84. The molecule has 0 saturated carbocycles. The van der Waals surface area contributed by atoms with Crippen LogP contribution in [0.3, 0.4) is 0 Å². The largest absolute Gasteiger partial charge is 0.380 e. The predicted molar refractivity (Wildman–Crippen MR) is 78.3 cm³/mol. The molecule has 0 radical (unpaired) electrons. The number of piperazine rings is 1. The molecule has 0 spiro atoms. The van der Waals surface area contributed by atoms with Crippen molar-refractivity contribution in [3.63, 3.8) is 0 Å². The molecule has 1 rings (SSSR count). The lowest BCUT2D eigenvalue weighted by atomic mass is 9.89. The molecule has 1 aliphatic heterocycles. The van der Waals surface area contributed by atoms with Crippen LogP contribution in [0.15, 0.2) is 0 Å². The molecule has 1 heterocycles. The summed E-state index contributed by atoms with van der Waals surface area (Å²) in [5.74, 6) is 0.0585. The van der Waals surface area contributed by atoms with Gasteiger partial charge in [0.25, 0.3) is 0 Å². The van der Waals surface area contributed by atoms with Crippen LogP contribution in [-0.2, 0) is 14.3 Å². The SMILES string of the molecule is CCCOCCN1C(=O)C(C)(C)NC(=O)C1C(C)CC. The van der Waals surface area contributed by atoms with Gasteiger partial charge in [-0.2, -0.15) is 0 Å². The molecule has 2 unspecified atom stereocenters. The second-order valence-electron chi connectivity index (χ2n) is 6.06. The summed E-state index contributed by atoms with van der Waals surface area (Å²) >= 11 is 0. The Balaban J connectivity index is 2.83. The highest BCUT2D eigenvalue weighted by molar-refractivity contribution is 5.99. The molecule has 5 nitrogen and oxygen atoms in total. The molecule has 2 amide bonds. The van der Waals surface area contributed by atoms with Crippen molar-refractivity contribution in [3.8, 4) is 0 Å². The number of nitrogens with zero attached hydrogens (tertiary/aromatic N) is 1. The fraction of sp³-hybridized carbons (Fsp3) is 0.867. The quantitative estimate of drug-likeness (QED) is 0.722. The predicted octanol–water partition coefficient (Wildman–Crippen LogP) is 1.56. The second-order valence-corrected chi connectivity index (χ2v) is 6.06. The summed E-state index contributed by atoms with van der Waals surface area (Å²) in [7, 11) is 0. The van der Waals surface area contributed by atoms with E-state index in [-0.39, 0.29) is 23.8 Å². The molecule has 116 valence electrons. The topological polar surface area (TPSA) is 58.6 Å². The summed E-state index contributed by atoms with van der Waals surface area (Å²) in [6, 6.07) is -0.384. The third kappa shape index (κ3) is 3.72. The molecular weight excluding hydrogens is 256 g/mol. The van der Waals surface area contributed by atoms with Gasteiger partial charge in [0.2, 0.25) is 11.8 Å². The third-order valence-corrected chi connectivity index (χ3v) is 3.84. The van der Waals surface area contributed by atoms with Gasteiger partial charge in [-0.25, -0.2) is 0 Å². The highest BCUT2D eigenvalue weighted by atomic mass is 16.5. The molecule has 1 aliphatic rings. The first-order chi connectivity index (χ1) is 9.35. The average Bonchev–Trinajstić information content (AvgIpc) is 2.38. The molecule has 1 saturated heterocycles. The van der Waals surface area contributed by atoms with E-state index in [2.05, 4.69) is 5.32 Å². The Labute approximate surface area is 122 Å². The van der Waals surface area contributed by atoms with Crippen molar-refractivity contribution in [2.24, 2.45) is 5.92 Å². The van der Waals surface area contributed by atoms with Crippen LogP contribution in [0.25, 0.3) is 0 Å². The van der Waals surface area contributed by atoms with Gasteiger partial charge in [0.1, 0.15) is 11.6 Å². The molecule has 0 aliphatic carbocycles. The fourth-order valence-electron chi connectivity index (χ4n) is 2.50. The monoisotopic (exact) mass is 284 g/mol. The van der Waals surface area contributed by atoms with Gasteiger partial charge in [-0.15, -0.1) is 0 Å². The first kappa shape index (κ1) is 17.0. The lowest BCUT2D eigenvalue weighted by molar-refractivity contribution is -0.156. The maximum atomic E-state index is 12.5. The van der Waals surface area contributed by atoms with Crippen LogP contribution in [0, 0.1) is 5.92 Å². The minimum Gasteiger partial charge on any atom is -0.380 e. The molecule has 0 bridgehead atoms. The minimum atomic E-state index is -0.828. The molecule has 0 aromatic rings. The van der Waals surface area contributed by atoms with Gasteiger partial charge in [-0.05, 0) is 26.2 Å². The molecule has 20 heavy (non-hydrogen) atoms. The van der Waals surface area contributed by atoms with Gasteiger partial charge in [-0.3, -0.25) is 9.59 Å². The van der Waals surface area contributed by atoms with E-state index in [1.807, 2.05) is 20.8 Å². The first-order valence-electron chi connectivity index (χ1n) is 7.56. The summed E-state index contributed by atoms with van der Waals surface area (Å²) in [5.41, 5.74) is -0.828. The van der Waals surface area contributed by atoms with Crippen LogP contribution in [-0.4, -0.2) is 48.1 Å². The van der Waals surface area contributed by atoms with Gasteiger partial charge in [0.05, 0.1) is 6.61 Å². The van der Waals surface area contributed by atoms with Crippen molar-refractivity contribution >= 4 is 11.8 Å². The van der Waals surface area contributed by atoms with Crippen LogP contribution in [0.5, 0.6) is 0 Å². The Morgan fingerprint density at radius 3 is 2.50 bits per heavy atom. The number of rotatable bonds is 7. The Bertz CT molecular complexity index is 355. The van der Waals surface area contributed by atoms with Crippen molar-refractivity contribution in [1.29, 1.82) is 0 Å². The molecule has 0 aromatic heterocycles. The van der Waals surface area contributed by atoms with E-state index in [9.17, 15) is 9.59 Å².